The van der Waals surface area contributed by atoms with E-state index in [1.165, 1.54) is 149 Å². The number of piperidine rings is 3. The second kappa shape index (κ2) is 17.8. The zero-order valence-electron chi connectivity index (χ0n) is 39.8. The molecule has 5 aliphatic rings. The summed E-state index contributed by atoms with van der Waals surface area (Å²) in [5.74, 6) is 3.46. The monoisotopic (exact) mass is 769 g/mol. The van der Waals surface area contributed by atoms with E-state index in [9.17, 15) is 0 Å². The van der Waals surface area contributed by atoms with Gasteiger partial charge in [-0.25, -0.2) is 0 Å². The van der Waals surface area contributed by atoms with Gasteiger partial charge in [0.2, 0.25) is 0 Å². The highest BCUT2D eigenvalue weighted by Gasteiger charge is 2.43. The first kappa shape index (κ1) is 45.8. The molecule has 2 atom stereocenters. The third-order valence-corrected chi connectivity index (χ3v) is 16.5. The van der Waals surface area contributed by atoms with Gasteiger partial charge in [-0.15, -0.1) is 0 Å². The van der Waals surface area contributed by atoms with Gasteiger partial charge in [-0.3, -0.25) is 19.6 Å². The van der Waals surface area contributed by atoms with Crippen LogP contribution in [0.15, 0.2) is 0 Å². The number of rotatable bonds is 13. The predicted molar refractivity (Wildman–Crippen MR) is 239 cm³/mol. The fourth-order valence-electron chi connectivity index (χ4n) is 11.9. The fraction of sp³-hybridized carbons (Fsp3) is 1.00. The Balaban J connectivity index is 1.01. The van der Waals surface area contributed by atoms with Crippen LogP contribution in [0.3, 0.4) is 0 Å². The molecule has 6 nitrogen and oxygen atoms in total. The van der Waals surface area contributed by atoms with Gasteiger partial charge in [0.15, 0.2) is 0 Å². The summed E-state index contributed by atoms with van der Waals surface area (Å²) in [6.07, 6.45) is 13.7. The van der Waals surface area contributed by atoms with Gasteiger partial charge in [0.1, 0.15) is 0 Å². The largest absolute Gasteiger partial charge is 0.303 e. The second-order valence-corrected chi connectivity index (χ2v) is 25.0. The van der Waals surface area contributed by atoms with Crippen LogP contribution in [0.4, 0.5) is 0 Å². The molecule has 0 bridgehead atoms. The van der Waals surface area contributed by atoms with Gasteiger partial charge >= 0.3 is 0 Å². The molecule has 0 aromatic rings. The minimum Gasteiger partial charge on any atom is -0.303 e. The van der Waals surface area contributed by atoms with Crippen molar-refractivity contribution in [2.45, 2.75) is 196 Å². The first-order valence-corrected chi connectivity index (χ1v) is 23.8. The van der Waals surface area contributed by atoms with Crippen LogP contribution < -0.4 is 0 Å². The van der Waals surface area contributed by atoms with Crippen LogP contribution in [0.5, 0.6) is 0 Å². The Kier molecular flexibility index (Phi) is 14.8. The third kappa shape index (κ3) is 12.4. The molecule has 1 unspecified atom stereocenters. The van der Waals surface area contributed by atoms with E-state index in [4.69, 9.17) is 0 Å². The number of piperazine rings is 1. The smallest absolute Gasteiger partial charge is 0.0155 e. The van der Waals surface area contributed by atoms with Crippen molar-refractivity contribution in [3.05, 3.63) is 0 Å². The molecule has 5 saturated heterocycles. The zero-order valence-corrected chi connectivity index (χ0v) is 39.8. The number of likely N-dealkylation sites (tertiary alicyclic amines) is 4. The van der Waals surface area contributed by atoms with Crippen LogP contribution in [0.25, 0.3) is 0 Å². The average Bonchev–Trinajstić information content (AvgIpc) is 3.06. The van der Waals surface area contributed by atoms with Gasteiger partial charge in [-0.2, -0.15) is 0 Å². The van der Waals surface area contributed by atoms with Crippen molar-refractivity contribution in [1.82, 2.24) is 29.4 Å². The molecule has 0 amide bonds. The molecule has 55 heavy (non-hydrogen) atoms. The Morgan fingerprint density at radius 2 is 1.00 bits per heavy atom. The van der Waals surface area contributed by atoms with E-state index in [0.29, 0.717) is 21.9 Å². The molecular formula is C49H96N6. The van der Waals surface area contributed by atoms with Crippen LogP contribution in [-0.4, -0.2) is 143 Å². The highest BCUT2D eigenvalue weighted by molar-refractivity contribution is 4.98. The normalized spacial score (nSPS) is 27.5. The van der Waals surface area contributed by atoms with Gasteiger partial charge < -0.3 is 9.80 Å². The molecule has 0 radical (unpaired) electrons. The molecule has 5 rings (SSSR count). The lowest BCUT2D eigenvalue weighted by molar-refractivity contribution is -0.0311. The topological polar surface area (TPSA) is 19.4 Å². The molecule has 5 heterocycles. The first-order chi connectivity index (χ1) is 25.3. The molecule has 5 fully saturated rings. The highest BCUT2D eigenvalue weighted by atomic mass is 15.3. The lowest BCUT2D eigenvalue weighted by Gasteiger charge is -2.52. The first-order valence-electron chi connectivity index (χ1n) is 23.8. The maximum absolute atomic E-state index is 2.95. The second-order valence-electron chi connectivity index (χ2n) is 25.0. The summed E-state index contributed by atoms with van der Waals surface area (Å²) in [5.41, 5.74) is 1.99. The fourth-order valence-corrected chi connectivity index (χ4v) is 11.9. The van der Waals surface area contributed by atoms with E-state index in [2.05, 4.69) is 133 Å². The summed E-state index contributed by atoms with van der Waals surface area (Å²) >= 11 is 0. The van der Waals surface area contributed by atoms with Crippen molar-refractivity contribution in [3.63, 3.8) is 0 Å². The van der Waals surface area contributed by atoms with Crippen molar-refractivity contribution in [3.8, 4) is 0 Å². The summed E-state index contributed by atoms with van der Waals surface area (Å²) < 4.78 is 0. The van der Waals surface area contributed by atoms with Crippen LogP contribution in [-0.2, 0) is 0 Å². The summed E-state index contributed by atoms with van der Waals surface area (Å²) in [6.45, 7) is 53.9. The maximum atomic E-state index is 2.95. The molecule has 0 spiro atoms. The van der Waals surface area contributed by atoms with Crippen LogP contribution in [0, 0.1) is 34.5 Å². The molecular weight excluding hydrogens is 673 g/mol. The van der Waals surface area contributed by atoms with Gasteiger partial charge in [-0.05, 0) is 201 Å². The zero-order chi connectivity index (χ0) is 40.6. The van der Waals surface area contributed by atoms with E-state index in [-0.39, 0.29) is 11.1 Å². The average molecular weight is 769 g/mol. The quantitative estimate of drug-likeness (QED) is 0.185. The molecule has 322 valence electrons. The van der Waals surface area contributed by atoms with Crippen molar-refractivity contribution in [1.29, 1.82) is 0 Å². The minimum atomic E-state index is 0.228. The van der Waals surface area contributed by atoms with Crippen LogP contribution in [0.1, 0.15) is 168 Å². The SMILES string of the molecule is CC(C)(C)C1CCN(CCC2CN(C(C)(C)CCC(C)(C)N3CCN(C[C@@H]4CCC(CC(C)(C)C5CCN(C(C)(C)C)CC5)N(C(C)(C)C)C4)CC3)C2)CC1. The molecule has 6 heteroatoms. The molecule has 0 aliphatic carbocycles. The Bertz CT molecular complexity index is 1160. The number of hydrogen-bond donors (Lipinski definition) is 0. The highest BCUT2D eigenvalue weighted by Crippen LogP contribution is 2.44. The summed E-state index contributed by atoms with van der Waals surface area (Å²) in [5, 5.41) is 0. The summed E-state index contributed by atoms with van der Waals surface area (Å²) in [7, 11) is 0. The van der Waals surface area contributed by atoms with Gasteiger partial charge in [0, 0.05) is 80.6 Å². The van der Waals surface area contributed by atoms with Gasteiger partial charge in [0.05, 0.1) is 0 Å². The van der Waals surface area contributed by atoms with E-state index < -0.39 is 0 Å². The van der Waals surface area contributed by atoms with Crippen molar-refractivity contribution in [2.24, 2.45) is 34.5 Å². The lowest BCUT2D eigenvalue weighted by atomic mass is 9.68. The molecule has 0 N–H and O–H groups in total. The maximum Gasteiger partial charge on any atom is 0.0155 e. The van der Waals surface area contributed by atoms with E-state index >= 15 is 0 Å². The Labute approximate surface area is 344 Å². The molecule has 0 aromatic carbocycles. The van der Waals surface area contributed by atoms with Crippen molar-refractivity contribution < 1.29 is 0 Å². The standard InChI is InChI=1S/C49H96N6/c1-44(2,3)41-19-26-50(27-20-41)25-18-40-36-54(37-40)49(14,15)24-23-48(12,13)53-32-30-51(31-33-53)35-39-16-17-43(55(38-39)46(7,8)9)34-47(10,11)42-21-28-52(29-22-42)45(4,5)6/h39-43H,16-38H2,1-15H3/t39-,43?/m0/s1. The molecule has 0 aromatic heterocycles. The lowest BCUT2D eigenvalue weighted by Crippen LogP contribution is -2.59. The summed E-state index contributed by atoms with van der Waals surface area (Å²) in [4.78, 5) is 16.9. The van der Waals surface area contributed by atoms with Crippen LogP contribution in [0.2, 0.25) is 0 Å². The van der Waals surface area contributed by atoms with Crippen molar-refractivity contribution in [2.75, 3.05) is 85.1 Å². The predicted octanol–water partition coefficient (Wildman–Crippen LogP) is 9.83. The molecule has 0 saturated carbocycles. The van der Waals surface area contributed by atoms with E-state index in [1.54, 1.807) is 0 Å². The Morgan fingerprint density at radius 3 is 1.53 bits per heavy atom. The van der Waals surface area contributed by atoms with E-state index in [1.807, 2.05) is 0 Å². The number of hydrogen-bond acceptors (Lipinski definition) is 6. The summed E-state index contributed by atoms with van der Waals surface area (Å²) in [6, 6.07) is 0.720. The Hall–Kier alpha value is -0.240. The number of nitrogens with zero attached hydrogens (tertiary/aromatic N) is 6. The van der Waals surface area contributed by atoms with Gasteiger partial charge in [-0.1, -0.05) is 34.6 Å². The van der Waals surface area contributed by atoms with Crippen molar-refractivity contribution >= 4 is 0 Å². The molecule has 5 aliphatic heterocycles. The third-order valence-electron chi connectivity index (χ3n) is 16.5. The van der Waals surface area contributed by atoms with Crippen LogP contribution >= 0.6 is 0 Å². The minimum absolute atomic E-state index is 0.228. The van der Waals surface area contributed by atoms with Gasteiger partial charge in [0.25, 0.3) is 0 Å². The Morgan fingerprint density at radius 1 is 0.455 bits per heavy atom. The van der Waals surface area contributed by atoms with E-state index in [0.717, 1.165) is 29.7 Å².